The average molecular weight is 376 g/mol. The van der Waals surface area contributed by atoms with E-state index in [1.165, 1.54) is 3.57 Å². The van der Waals surface area contributed by atoms with Gasteiger partial charge in [0, 0.05) is 22.4 Å². The van der Waals surface area contributed by atoms with E-state index in [-0.39, 0.29) is 0 Å². The Labute approximate surface area is 130 Å². The Balaban J connectivity index is 1.84. The predicted octanol–water partition coefficient (Wildman–Crippen LogP) is 3.51. The molecule has 3 aromatic rings. The van der Waals surface area contributed by atoms with Crippen LogP contribution in [0.2, 0.25) is 0 Å². The van der Waals surface area contributed by atoms with Gasteiger partial charge in [-0.1, -0.05) is 18.2 Å². The zero-order chi connectivity index (χ0) is 13.9. The third-order valence-electron chi connectivity index (χ3n) is 3.22. The Morgan fingerprint density at radius 2 is 1.65 bits per heavy atom. The first-order valence-electron chi connectivity index (χ1n) is 6.35. The molecule has 0 saturated carbocycles. The minimum Gasteiger partial charge on any atom is -0.388 e. The van der Waals surface area contributed by atoms with Crippen LogP contribution < -0.4 is 0 Å². The van der Waals surface area contributed by atoms with Crippen molar-refractivity contribution in [2.45, 2.75) is 12.5 Å². The Morgan fingerprint density at radius 1 is 0.950 bits per heavy atom. The first-order chi connectivity index (χ1) is 9.72. The van der Waals surface area contributed by atoms with Crippen LogP contribution in [0.5, 0.6) is 0 Å². The summed E-state index contributed by atoms with van der Waals surface area (Å²) < 4.78 is 1.20. The summed E-state index contributed by atoms with van der Waals surface area (Å²) in [4.78, 5) is 8.50. The largest absolute Gasteiger partial charge is 0.388 e. The van der Waals surface area contributed by atoms with E-state index < -0.39 is 6.10 Å². The number of fused-ring (bicyclic) bond motifs is 1. The maximum Gasteiger partial charge on any atom is 0.0890 e. The van der Waals surface area contributed by atoms with E-state index >= 15 is 0 Å². The molecule has 0 aliphatic carbocycles. The molecule has 1 heterocycles. The highest BCUT2D eigenvalue weighted by molar-refractivity contribution is 14.1. The Morgan fingerprint density at radius 3 is 2.40 bits per heavy atom. The summed E-state index contributed by atoms with van der Waals surface area (Å²) in [7, 11) is 0. The van der Waals surface area contributed by atoms with Gasteiger partial charge in [0.05, 0.1) is 17.1 Å². The van der Waals surface area contributed by atoms with Crippen LogP contribution in [0, 0.1) is 3.57 Å². The van der Waals surface area contributed by atoms with Gasteiger partial charge in [-0.05, 0) is 58.0 Å². The lowest BCUT2D eigenvalue weighted by molar-refractivity contribution is 0.178. The molecule has 1 atom stereocenters. The summed E-state index contributed by atoms with van der Waals surface area (Å²) in [5.41, 5.74) is 3.65. The fraction of sp³-hybridized carbons (Fsp3) is 0.125. The van der Waals surface area contributed by atoms with Crippen molar-refractivity contribution >= 4 is 33.6 Å². The second-order valence-electron chi connectivity index (χ2n) is 4.65. The number of aliphatic hydroxyl groups is 1. The van der Waals surface area contributed by atoms with Crippen LogP contribution >= 0.6 is 22.6 Å². The quantitative estimate of drug-likeness (QED) is 0.712. The van der Waals surface area contributed by atoms with Gasteiger partial charge in [0.25, 0.3) is 0 Å². The van der Waals surface area contributed by atoms with E-state index in [1.807, 2.05) is 30.3 Å². The number of nitrogens with zero attached hydrogens (tertiary/aromatic N) is 2. The summed E-state index contributed by atoms with van der Waals surface area (Å²) in [6.45, 7) is 0. The average Bonchev–Trinajstić information content (AvgIpc) is 2.49. The topological polar surface area (TPSA) is 46.0 Å². The lowest BCUT2D eigenvalue weighted by Crippen LogP contribution is -2.02. The fourth-order valence-corrected chi connectivity index (χ4v) is 2.51. The molecular formula is C16H13IN2O. The van der Waals surface area contributed by atoms with E-state index in [1.54, 1.807) is 12.4 Å². The van der Waals surface area contributed by atoms with Crippen LogP contribution in [0.25, 0.3) is 11.0 Å². The van der Waals surface area contributed by atoms with Crippen LogP contribution in [0.15, 0.2) is 54.9 Å². The van der Waals surface area contributed by atoms with Gasteiger partial charge in [-0.25, -0.2) is 0 Å². The van der Waals surface area contributed by atoms with Crippen molar-refractivity contribution in [1.82, 2.24) is 9.97 Å². The number of hydrogen-bond donors (Lipinski definition) is 1. The molecule has 3 nitrogen and oxygen atoms in total. The zero-order valence-electron chi connectivity index (χ0n) is 10.7. The van der Waals surface area contributed by atoms with Crippen LogP contribution in [-0.4, -0.2) is 15.1 Å². The minimum absolute atomic E-state index is 0.526. The highest BCUT2D eigenvalue weighted by Crippen LogP contribution is 2.21. The Bertz CT molecular complexity index is 728. The van der Waals surface area contributed by atoms with Crippen LogP contribution in [0.3, 0.4) is 0 Å². The molecule has 0 saturated heterocycles. The van der Waals surface area contributed by atoms with Crippen molar-refractivity contribution in [3.05, 3.63) is 69.6 Å². The summed E-state index contributed by atoms with van der Waals surface area (Å²) in [5.74, 6) is 0. The standard InChI is InChI=1S/C16H13IN2O/c17-13-4-1-11(2-5-13)9-16(20)12-3-6-14-15(10-12)19-8-7-18-14/h1-8,10,16,20H,9H2. The number of aromatic nitrogens is 2. The zero-order valence-corrected chi connectivity index (χ0v) is 12.9. The first-order valence-corrected chi connectivity index (χ1v) is 7.43. The summed E-state index contributed by atoms with van der Waals surface area (Å²) in [6, 6.07) is 13.9. The molecule has 0 radical (unpaired) electrons. The molecule has 1 N–H and O–H groups in total. The lowest BCUT2D eigenvalue weighted by atomic mass is 10.0. The summed E-state index contributed by atoms with van der Waals surface area (Å²) in [6.07, 6.45) is 3.41. The van der Waals surface area contributed by atoms with Gasteiger partial charge in [0.1, 0.15) is 0 Å². The minimum atomic E-state index is -0.526. The molecule has 0 aliphatic heterocycles. The summed E-state index contributed by atoms with van der Waals surface area (Å²) in [5, 5.41) is 10.4. The third kappa shape index (κ3) is 2.96. The molecule has 0 amide bonds. The lowest BCUT2D eigenvalue weighted by Gasteiger charge is -2.11. The monoisotopic (exact) mass is 376 g/mol. The van der Waals surface area contributed by atoms with E-state index in [4.69, 9.17) is 0 Å². The molecule has 0 bridgehead atoms. The maximum atomic E-state index is 10.4. The molecule has 100 valence electrons. The van der Waals surface area contributed by atoms with Gasteiger partial charge in [0.15, 0.2) is 0 Å². The Hall–Kier alpha value is -1.53. The molecule has 0 aliphatic rings. The number of aliphatic hydroxyl groups excluding tert-OH is 1. The SMILES string of the molecule is OC(Cc1ccc(I)cc1)c1ccc2nccnc2c1. The third-order valence-corrected chi connectivity index (χ3v) is 3.94. The fourth-order valence-electron chi connectivity index (χ4n) is 2.15. The van der Waals surface area contributed by atoms with Crippen LogP contribution in [-0.2, 0) is 6.42 Å². The van der Waals surface area contributed by atoms with Crippen molar-refractivity contribution in [3.63, 3.8) is 0 Å². The second kappa shape index (κ2) is 5.85. The maximum absolute atomic E-state index is 10.4. The molecule has 1 unspecified atom stereocenters. The molecular weight excluding hydrogens is 363 g/mol. The predicted molar refractivity (Wildman–Crippen MR) is 87.4 cm³/mol. The number of halogens is 1. The Kier molecular flexibility index (Phi) is 3.93. The van der Waals surface area contributed by atoms with E-state index in [9.17, 15) is 5.11 Å². The molecule has 2 aromatic carbocycles. The molecule has 0 spiro atoms. The van der Waals surface area contributed by atoms with E-state index in [2.05, 4.69) is 44.7 Å². The molecule has 4 heteroatoms. The highest BCUT2D eigenvalue weighted by Gasteiger charge is 2.10. The van der Waals surface area contributed by atoms with E-state index in [0.29, 0.717) is 6.42 Å². The number of benzene rings is 2. The van der Waals surface area contributed by atoms with Gasteiger partial charge in [0.2, 0.25) is 0 Å². The van der Waals surface area contributed by atoms with Crippen molar-refractivity contribution in [2.24, 2.45) is 0 Å². The molecule has 0 fully saturated rings. The molecule has 1 aromatic heterocycles. The summed E-state index contributed by atoms with van der Waals surface area (Å²) >= 11 is 2.27. The van der Waals surface area contributed by atoms with Crippen molar-refractivity contribution < 1.29 is 5.11 Å². The van der Waals surface area contributed by atoms with Crippen molar-refractivity contribution in [2.75, 3.05) is 0 Å². The smallest absolute Gasteiger partial charge is 0.0890 e. The molecule has 20 heavy (non-hydrogen) atoms. The van der Waals surface area contributed by atoms with Gasteiger partial charge in [-0.3, -0.25) is 9.97 Å². The van der Waals surface area contributed by atoms with Gasteiger partial charge in [-0.15, -0.1) is 0 Å². The van der Waals surface area contributed by atoms with Gasteiger partial charge >= 0.3 is 0 Å². The first kappa shape index (κ1) is 13.5. The van der Waals surface area contributed by atoms with Gasteiger partial charge in [-0.2, -0.15) is 0 Å². The second-order valence-corrected chi connectivity index (χ2v) is 5.90. The molecule has 3 rings (SSSR count). The van der Waals surface area contributed by atoms with Crippen molar-refractivity contribution in [3.8, 4) is 0 Å². The number of rotatable bonds is 3. The van der Waals surface area contributed by atoms with Gasteiger partial charge < -0.3 is 5.11 Å². The number of hydrogen-bond acceptors (Lipinski definition) is 3. The normalized spacial score (nSPS) is 12.5. The highest BCUT2D eigenvalue weighted by atomic mass is 127. The van der Waals surface area contributed by atoms with Crippen molar-refractivity contribution in [1.29, 1.82) is 0 Å². The van der Waals surface area contributed by atoms with Crippen LogP contribution in [0.4, 0.5) is 0 Å². The van der Waals surface area contributed by atoms with Crippen LogP contribution in [0.1, 0.15) is 17.2 Å². The van der Waals surface area contributed by atoms with E-state index in [0.717, 1.165) is 22.2 Å².